The van der Waals surface area contributed by atoms with E-state index < -0.39 is 17.3 Å². The van der Waals surface area contributed by atoms with Crippen molar-refractivity contribution in [3.8, 4) is 33.8 Å². The molecule has 1 fully saturated rings. The van der Waals surface area contributed by atoms with E-state index in [0.29, 0.717) is 60.8 Å². The minimum atomic E-state index is -4.66. The second-order valence-electron chi connectivity index (χ2n) is 10.3. The zero-order valence-electron chi connectivity index (χ0n) is 22.7. The van der Waals surface area contributed by atoms with Gasteiger partial charge in [-0.05, 0) is 67.1 Å². The van der Waals surface area contributed by atoms with Gasteiger partial charge in [-0.15, -0.1) is 0 Å². The Bertz CT molecular complexity index is 1480. The normalized spacial score (nSPS) is 16.6. The first-order valence-electron chi connectivity index (χ1n) is 13.3. The van der Waals surface area contributed by atoms with Gasteiger partial charge in [-0.1, -0.05) is 0 Å². The SMILES string of the molecule is CNC(=O)C[C@H]1CCN(c2ccc(C(F)(F)F)c(-c3cc(-c4cc(OC)cc(OC)c4)c4n(c3=O)CCC4)c2)C1. The number of nitrogens with zero attached hydrogens (tertiary/aromatic N) is 2. The van der Waals surface area contributed by atoms with Crippen molar-refractivity contribution in [1.29, 1.82) is 0 Å². The molecule has 0 saturated carbocycles. The standard InChI is InChI=1S/C30H32F3N3O4/c1-34-28(37)11-18-8-10-35(17-18)20-6-7-26(30(31,32)33)24(14-20)25-16-23(27-5-4-9-36(27)29(25)38)19-12-21(39-2)15-22(13-19)40-3/h6-7,12-16,18H,4-5,8-11,17H2,1-3H3,(H,34,37)/t18-/m1/s1. The Labute approximate surface area is 230 Å². The lowest BCUT2D eigenvalue weighted by Gasteiger charge is -2.22. The van der Waals surface area contributed by atoms with Crippen molar-refractivity contribution in [3.05, 3.63) is 64.1 Å². The van der Waals surface area contributed by atoms with Gasteiger partial charge in [0, 0.05) is 67.2 Å². The van der Waals surface area contributed by atoms with E-state index in [1.807, 2.05) is 4.90 Å². The lowest BCUT2D eigenvalue weighted by atomic mass is 9.94. The fourth-order valence-corrected chi connectivity index (χ4v) is 5.82. The van der Waals surface area contributed by atoms with Crippen molar-refractivity contribution < 1.29 is 27.4 Å². The van der Waals surface area contributed by atoms with E-state index in [1.54, 1.807) is 35.9 Å². The molecule has 3 aromatic rings. The molecule has 10 heteroatoms. The number of rotatable bonds is 7. The Hall–Kier alpha value is -3.95. The Morgan fingerprint density at radius 3 is 2.38 bits per heavy atom. The fourth-order valence-electron chi connectivity index (χ4n) is 5.82. The second-order valence-corrected chi connectivity index (χ2v) is 10.3. The molecule has 1 atom stereocenters. The summed E-state index contributed by atoms with van der Waals surface area (Å²) in [5, 5.41) is 2.63. The summed E-state index contributed by atoms with van der Waals surface area (Å²) in [7, 11) is 4.65. The monoisotopic (exact) mass is 555 g/mol. The summed E-state index contributed by atoms with van der Waals surface area (Å²) in [6, 6.07) is 10.9. The van der Waals surface area contributed by atoms with Crippen LogP contribution in [0.5, 0.6) is 11.5 Å². The molecule has 0 radical (unpaired) electrons. The molecule has 1 N–H and O–H groups in total. The van der Waals surface area contributed by atoms with E-state index in [0.717, 1.165) is 24.6 Å². The molecular formula is C30H32F3N3O4. The highest BCUT2D eigenvalue weighted by Gasteiger charge is 2.36. The summed E-state index contributed by atoms with van der Waals surface area (Å²) in [6.45, 7) is 1.60. The number of carbonyl (C=O) groups excluding carboxylic acids is 1. The predicted octanol–water partition coefficient (Wildman–Crippen LogP) is 5.13. The number of halogens is 3. The summed E-state index contributed by atoms with van der Waals surface area (Å²) >= 11 is 0. The maximum absolute atomic E-state index is 14.3. The molecule has 40 heavy (non-hydrogen) atoms. The number of alkyl halides is 3. The number of pyridine rings is 1. The number of methoxy groups -OCH3 is 2. The molecule has 2 aliphatic heterocycles. The van der Waals surface area contributed by atoms with Gasteiger partial charge in [-0.2, -0.15) is 13.2 Å². The van der Waals surface area contributed by atoms with Gasteiger partial charge < -0.3 is 24.3 Å². The number of nitrogens with one attached hydrogen (secondary N) is 1. The van der Waals surface area contributed by atoms with Gasteiger partial charge in [0.1, 0.15) is 11.5 Å². The summed E-state index contributed by atoms with van der Waals surface area (Å²) in [6.07, 6.45) is -2.18. The zero-order chi connectivity index (χ0) is 28.6. The van der Waals surface area contributed by atoms with Gasteiger partial charge in [0.15, 0.2) is 0 Å². The van der Waals surface area contributed by atoms with Gasteiger partial charge in [-0.25, -0.2) is 0 Å². The van der Waals surface area contributed by atoms with Crippen LogP contribution in [0.1, 0.15) is 30.5 Å². The molecule has 7 nitrogen and oxygen atoms in total. The van der Waals surface area contributed by atoms with Crippen LogP contribution in [0.15, 0.2) is 47.3 Å². The van der Waals surface area contributed by atoms with Gasteiger partial charge in [-0.3, -0.25) is 9.59 Å². The van der Waals surface area contributed by atoms with E-state index in [1.165, 1.54) is 26.4 Å². The third-order valence-corrected chi connectivity index (χ3v) is 7.86. The van der Waals surface area contributed by atoms with Crippen molar-refractivity contribution in [2.75, 3.05) is 39.3 Å². The first kappa shape index (κ1) is 27.6. The van der Waals surface area contributed by atoms with Crippen LogP contribution >= 0.6 is 0 Å². The number of hydrogen-bond acceptors (Lipinski definition) is 5. The Balaban J connectivity index is 1.65. The molecule has 212 valence electrons. The van der Waals surface area contributed by atoms with Crippen LogP contribution in [0.2, 0.25) is 0 Å². The maximum Gasteiger partial charge on any atom is 0.417 e. The van der Waals surface area contributed by atoms with E-state index in [9.17, 15) is 22.8 Å². The van der Waals surface area contributed by atoms with Crippen LogP contribution in [-0.4, -0.2) is 44.8 Å². The summed E-state index contributed by atoms with van der Waals surface area (Å²) in [5.74, 6) is 1.12. The average Bonchev–Trinajstić information content (AvgIpc) is 3.62. The van der Waals surface area contributed by atoms with E-state index in [4.69, 9.17) is 9.47 Å². The smallest absolute Gasteiger partial charge is 0.417 e. The van der Waals surface area contributed by atoms with Gasteiger partial charge in [0.2, 0.25) is 5.91 Å². The fraction of sp³-hybridized carbons (Fsp3) is 0.400. The molecule has 0 unspecified atom stereocenters. The van der Waals surface area contributed by atoms with Crippen molar-refractivity contribution in [2.24, 2.45) is 5.92 Å². The lowest BCUT2D eigenvalue weighted by Crippen LogP contribution is -2.25. The molecule has 2 aromatic carbocycles. The van der Waals surface area contributed by atoms with Crippen LogP contribution in [0.25, 0.3) is 22.3 Å². The molecule has 1 aromatic heterocycles. The van der Waals surface area contributed by atoms with Crippen molar-refractivity contribution >= 4 is 11.6 Å². The van der Waals surface area contributed by atoms with Crippen LogP contribution in [-0.2, 0) is 23.9 Å². The third kappa shape index (κ3) is 5.26. The third-order valence-electron chi connectivity index (χ3n) is 7.86. The number of anilines is 1. The molecule has 0 aliphatic carbocycles. The van der Waals surface area contributed by atoms with Crippen LogP contribution < -0.4 is 25.2 Å². The van der Waals surface area contributed by atoms with Crippen LogP contribution in [0, 0.1) is 5.92 Å². The topological polar surface area (TPSA) is 72.8 Å². The van der Waals surface area contributed by atoms with Crippen LogP contribution in [0.4, 0.5) is 18.9 Å². The number of benzene rings is 2. The highest BCUT2D eigenvalue weighted by atomic mass is 19.4. The molecule has 3 heterocycles. The van der Waals surface area contributed by atoms with Crippen molar-refractivity contribution in [3.63, 3.8) is 0 Å². The molecular weight excluding hydrogens is 523 g/mol. The number of fused-ring (bicyclic) bond motifs is 1. The maximum atomic E-state index is 14.3. The highest BCUT2D eigenvalue weighted by Crippen LogP contribution is 2.41. The molecule has 2 aliphatic rings. The summed E-state index contributed by atoms with van der Waals surface area (Å²) in [4.78, 5) is 27.5. The van der Waals surface area contributed by atoms with Gasteiger partial charge in [0.05, 0.1) is 19.8 Å². The van der Waals surface area contributed by atoms with Gasteiger partial charge >= 0.3 is 6.18 Å². The van der Waals surface area contributed by atoms with Crippen molar-refractivity contribution in [2.45, 2.75) is 38.4 Å². The quantitative estimate of drug-likeness (QED) is 0.438. The minimum absolute atomic E-state index is 0.00211. The van der Waals surface area contributed by atoms with Gasteiger partial charge in [0.25, 0.3) is 5.56 Å². The number of hydrogen-bond donors (Lipinski definition) is 1. The average molecular weight is 556 g/mol. The largest absolute Gasteiger partial charge is 0.497 e. The molecule has 0 spiro atoms. The Kier molecular flexibility index (Phi) is 7.53. The predicted molar refractivity (Wildman–Crippen MR) is 147 cm³/mol. The second kappa shape index (κ2) is 10.9. The van der Waals surface area contributed by atoms with E-state index in [2.05, 4.69) is 5.32 Å². The minimum Gasteiger partial charge on any atom is -0.497 e. The Morgan fingerprint density at radius 2 is 1.73 bits per heavy atom. The first-order chi connectivity index (χ1) is 19.1. The number of amides is 1. The molecule has 0 bridgehead atoms. The van der Waals surface area contributed by atoms with E-state index in [-0.39, 0.29) is 23.0 Å². The number of carbonyl (C=O) groups is 1. The number of ether oxygens (including phenoxy) is 2. The summed E-state index contributed by atoms with van der Waals surface area (Å²) < 4.78 is 55.4. The molecule has 5 rings (SSSR count). The number of aromatic nitrogens is 1. The summed E-state index contributed by atoms with van der Waals surface area (Å²) in [5.41, 5.74) is 1.30. The Morgan fingerprint density at radius 1 is 1.00 bits per heavy atom. The van der Waals surface area contributed by atoms with Crippen LogP contribution in [0.3, 0.4) is 0 Å². The first-order valence-corrected chi connectivity index (χ1v) is 13.3. The molecule has 1 saturated heterocycles. The lowest BCUT2D eigenvalue weighted by molar-refractivity contribution is -0.137. The highest BCUT2D eigenvalue weighted by molar-refractivity contribution is 5.79. The van der Waals surface area contributed by atoms with Crippen molar-refractivity contribution in [1.82, 2.24) is 9.88 Å². The van der Waals surface area contributed by atoms with E-state index >= 15 is 0 Å². The zero-order valence-corrected chi connectivity index (χ0v) is 22.7. The molecule has 1 amide bonds.